The van der Waals surface area contributed by atoms with E-state index in [-0.39, 0.29) is 11.4 Å². The van der Waals surface area contributed by atoms with E-state index < -0.39 is 0 Å². The summed E-state index contributed by atoms with van der Waals surface area (Å²) in [5, 5.41) is 28.6. The van der Waals surface area contributed by atoms with Crippen molar-refractivity contribution in [3.8, 4) is 18.2 Å². The Labute approximate surface area is 110 Å². The first-order valence-corrected chi connectivity index (χ1v) is 5.26. The van der Waals surface area contributed by atoms with Gasteiger partial charge in [0.05, 0.1) is 18.8 Å². The molecule has 0 atom stereocenters. The molecule has 0 radical (unpaired) electrons. The summed E-state index contributed by atoms with van der Waals surface area (Å²) in [6.45, 7) is 0. The highest BCUT2D eigenvalue weighted by Gasteiger charge is 1.98. The summed E-state index contributed by atoms with van der Waals surface area (Å²) in [5.74, 6) is 0. The molecule has 1 aromatic carbocycles. The lowest BCUT2D eigenvalue weighted by molar-refractivity contribution is 1.26. The Morgan fingerprint density at radius 2 is 1.89 bits per heavy atom. The highest BCUT2D eigenvalue weighted by atomic mass is 14.9. The zero-order chi connectivity index (χ0) is 14.1. The molecule has 0 amide bonds. The highest BCUT2D eigenvalue weighted by Crippen LogP contribution is 2.09. The number of rotatable bonds is 4. The van der Waals surface area contributed by atoms with Gasteiger partial charge in [0.2, 0.25) is 0 Å². The second-order valence-electron chi connectivity index (χ2n) is 3.42. The molecule has 0 bridgehead atoms. The molecule has 1 rings (SSSR count). The minimum Gasteiger partial charge on any atom is -0.388 e. The van der Waals surface area contributed by atoms with Crippen molar-refractivity contribution in [3.05, 3.63) is 41.2 Å². The maximum atomic E-state index is 8.71. The molecule has 0 aromatic heterocycles. The van der Waals surface area contributed by atoms with Crippen molar-refractivity contribution in [3.63, 3.8) is 0 Å². The van der Waals surface area contributed by atoms with E-state index >= 15 is 0 Å². The summed E-state index contributed by atoms with van der Waals surface area (Å²) >= 11 is 0. The van der Waals surface area contributed by atoms with Gasteiger partial charge < -0.3 is 11.1 Å². The van der Waals surface area contributed by atoms with Crippen LogP contribution in [0.2, 0.25) is 0 Å². The van der Waals surface area contributed by atoms with Gasteiger partial charge in [-0.25, -0.2) is 4.99 Å². The predicted octanol–water partition coefficient (Wildman–Crippen LogP) is 1.41. The van der Waals surface area contributed by atoms with Gasteiger partial charge in [0.15, 0.2) is 5.70 Å². The lowest BCUT2D eigenvalue weighted by atomic mass is 10.1. The monoisotopic (exact) mass is 250 g/mol. The number of nitriles is 3. The van der Waals surface area contributed by atoms with E-state index in [1.165, 1.54) is 6.34 Å². The van der Waals surface area contributed by atoms with Crippen LogP contribution in [-0.4, -0.2) is 6.34 Å². The molecule has 0 heterocycles. The normalized spacial score (nSPS) is 11.0. The van der Waals surface area contributed by atoms with E-state index in [4.69, 9.17) is 21.5 Å². The summed E-state index contributed by atoms with van der Waals surface area (Å²) in [6, 6.07) is 12.6. The van der Waals surface area contributed by atoms with Crippen LogP contribution in [0.4, 0.5) is 5.69 Å². The molecule has 0 unspecified atom stereocenters. The van der Waals surface area contributed by atoms with E-state index in [9.17, 15) is 0 Å². The van der Waals surface area contributed by atoms with Crippen LogP contribution in [-0.2, 0) is 6.42 Å². The molecule has 6 nitrogen and oxygen atoms in total. The number of aliphatic imine (C=N–C) groups is 1. The first kappa shape index (κ1) is 13.8. The number of nitrogens with one attached hydrogen (secondary N) is 1. The first-order valence-electron chi connectivity index (χ1n) is 5.26. The summed E-state index contributed by atoms with van der Waals surface area (Å²) in [5.41, 5.74) is 6.57. The van der Waals surface area contributed by atoms with Gasteiger partial charge in [-0.15, -0.1) is 0 Å². The van der Waals surface area contributed by atoms with E-state index in [2.05, 4.69) is 16.4 Å². The Kier molecular flexibility index (Phi) is 5.15. The largest absolute Gasteiger partial charge is 0.388 e. The average molecular weight is 250 g/mol. The van der Waals surface area contributed by atoms with Crippen LogP contribution in [0.1, 0.15) is 5.56 Å². The maximum absolute atomic E-state index is 8.71. The van der Waals surface area contributed by atoms with Crippen molar-refractivity contribution in [2.24, 2.45) is 10.7 Å². The third kappa shape index (κ3) is 4.22. The zero-order valence-electron chi connectivity index (χ0n) is 9.96. The SMILES string of the molecule is N#CCc1ccc(NC=NC(C#N)=C(N)C#N)cc1. The number of nitrogens with zero attached hydrogens (tertiary/aromatic N) is 4. The molecule has 1 aromatic rings. The molecule has 19 heavy (non-hydrogen) atoms. The number of benzene rings is 1. The van der Waals surface area contributed by atoms with Crippen LogP contribution < -0.4 is 11.1 Å². The summed E-state index contributed by atoms with van der Waals surface area (Å²) in [7, 11) is 0. The van der Waals surface area contributed by atoms with Gasteiger partial charge in [-0.2, -0.15) is 15.8 Å². The lowest BCUT2D eigenvalue weighted by Gasteiger charge is -2.00. The van der Waals surface area contributed by atoms with Gasteiger partial charge in [-0.3, -0.25) is 0 Å². The molecule has 3 N–H and O–H groups in total. The van der Waals surface area contributed by atoms with Gasteiger partial charge in [-0.1, -0.05) is 12.1 Å². The first-order chi connectivity index (χ1) is 9.21. The van der Waals surface area contributed by atoms with Crippen molar-refractivity contribution in [1.82, 2.24) is 0 Å². The topological polar surface area (TPSA) is 122 Å². The molecule has 0 aliphatic carbocycles. The van der Waals surface area contributed by atoms with Crippen LogP contribution >= 0.6 is 0 Å². The quantitative estimate of drug-likeness (QED) is 0.475. The fraction of sp³-hybridized carbons (Fsp3) is 0.0769. The molecule has 92 valence electrons. The zero-order valence-corrected chi connectivity index (χ0v) is 9.96. The minimum atomic E-state index is -0.232. The Bertz CT molecular complexity index is 619. The van der Waals surface area contributed by atoms with Gasteiger partial charge >= 0.3 is 0 Å². The maximum Gasteiger partial charge on any atom is 0.175 e. The van der Waals surface area contributed by atoms with Crippen molar-refractivity contribution in [2.75, 3.05) is 5.32 Å². The van der Waals surface area contributed by atoms with Gasteiger partial charge in [0, 0.05) is 5.69 Å². The summed E-state index contributed by atoms with van der Waals surface area (Å²) < 4.78 is 0. The van der Waals surface area contributed by atoms with Crippen LogP contribution in [0.15, 0.2) is 40.7 Å². The smallest absolute Gasteiger partial charge is 0.175 e. The van der Waals surface area contributed by atoms with Gasteiger partial charge in [-0.05, 0) is 17.7 Å². The fourth-order valence-corrected chi connectivity index (χ4v) is 1.19. The lowest BCUT2D eigenvalue weighted by Crippen LogP contribution is -2.00. The highest BCUT2D eigenvalue weighted by molar-refractivity contribution is 5.76. The molecule has 0 aliphatic heterocycles. The second kappa shape index (κ2) is 7.11. The van der Waals surface area contributed by atoms with Crippen molar-refractivity contribution < 1.29 is 0 Å². The van der Waals surface area contributed by atoms with E-state index in [0.29, 0.717) is 6.42 Å². The number of anilines is 1. The van der Waals surface area contributed by atoms with Crippen LogP contribution in [0.5, 0.6) is 0 Å². The Balaban J connectivity index is 2.70. The van der Waals surface area contributed by atoms with Crippen molar-refractivity contribution >= 4 is 12.0 Å². The van der Waals surface area contributed by atoms with E-state index in [1.807, 2.05) is 12.1 Å². The standard InChI is InChI=1S/C13H10N6/c14-6-5-10-1-3-11(4-2-10)18-9-19-13(8-16)12(17)7-15/h1-4,9H,5,17H2,(H,18,19). The molecule has 6 heteroatoms. The third-order valence-electron chi connectivity index (χ3n) is 2.14. The predicted molar refractivity (Wildman–Crippen MR) is 70.3 cm³/mol. The number of nitrogens with two attached hydrogens (primary N) is 1. The van der Waals surface area contributed by atoms with E-state index in [1.54, 1.807) is 24.3 Å². The molecule has 0 fully saturated rings. The van der Waals surface area contributed by atoms with Crippen LogP contribution in [0.25, 0.3) is 0 Å². The molecule has 0 aliphatic rings. The van der Waals surface area contributed by atoms with E-state index in [0.717, 1.165) is 11.3 Å². The Hall–Kier alpha value is -3.30. The molecular formula is C13H10N6. The number of hydrogen-bond acceptors (Lipinski definition) is 5. The van der Waals surface area contributed by atoms with Gasteiger partial charge in [0.25, 0.3) is 0 Å². The molecule has 0 spiro atoms. The molecule has 0 saturated heterocycles. The van der Waals surface area contributed by atoms with Crippen molar-refractivity contribution in [2.45, 2.75) is 6.42 Å². The summed E-state index contributed by atoms with van der Waals surface area (Å²) in [4.78, 5) is 3.75. The second-order valence-corrected chi connectivity index (χ2v) is 3.42. The Morgan fingerprint density at radius 1 is 1.21 bits per heavy atom. The minimum absolute atomic E-state index is 0.142. The average Bonchev–Trinajstić information content (AvgIpc) is 2.45. The molecular weight excluding hydrogens is 240 g/mol. The number of allylic oxidation sites excluding steroid dienone is 2. The van der Waals surface area contributed by atoms with Crippen LogP contribution in [0.3, 0.4) is 0 Å². The van der Waals surface area contributed by atoms with Crippen LogP contribution in [0, 0.1) is 34.0 Å². The summed E-state index contributed by atoms with van der Waals surface area (Å²) in [6.07, 6.45) is 1.64. The number of hydrogen-bond donors (Lipinski definition) is 2. The fourth-order valence-electron chi connectivity index (χ4n) is 1.19. The van der Waals surface area contributed by atoms with Crippen molar-refractivity contribution in [1.29, 1.82) is 15.8 Å². The van der Waals surface area contributed by atoms with Gasteiger partial charge in [0.1, 0.15) is 17.8 Å². The third-order valence-corrected chi connectivity index (χ3v) is 2.14. The molecule has 0 saturated carbocycles. The Morgan fingerprint density at radius 3 is 2.42 bits per heavy atom.